The minimum Gasteiger partial charge on any atom is -0.380 e. The first-order chi connectivity index (χ1) is 19.7. The Morgan fingerprint density at radius 1 is 0.325 bits per heavy atom. The Kier molecular flexibility index (Phi) is 26.3. The van der Waals surface area contributed by atoms with Gasteiger partial charge in [0.1, 0.15) is 0 Å². The van der Waals surface area contributed by atoms with Gasteiger partial charge in [0.15, 0.2) is 0 Å². The van der Waals surface area contributed by atoms with Crippen molar-refractivity contribution < 1.29 is 28.4 Å². The summed E-state index contributed by atoms with van der Waals surface area (Å²) < 4.78 is 35.0. The van der Waals surface area contributed by atoms with Gasteiger partial charge in [-0.1, -0.05) is 0 Å². The van der Waals surface area contributed by atoms with E-state index in [4.69, 9.17) is 60.0 Å². The summed E-state index contributed by atoms with van der Waals surface area (Å²) >= 11 is 0. The molecule has 12 heteroatoms. The molecule has 0 aliphatic heterocycles. The SMILES string of the molecule is N#CCCOCC(COCCC#N)C(COCCC#N)C(COCCC#N)C(COCCC#N)COCCC#N. The molecule has 0 radical (unpaired) electrons. The molecular weight excluding hydrogens is 516 g/mol. The van der Waals surface area contributed by atoms with Crippen LogP contribution in [-0.4, -0.2) is 79.3 Å². The van der Waals surface area contributed by atoms with E-state index in [2.05, 4.69) is 36.4 Å². The number of hydrogen-bond donors (Lipinski definition) is 0. The third kappa shape index (κ3) is 19.7. The van der Waals surface area contributed by atoms with Gasteiger partial charge in [-0.25, -0.2) is 0 Å². The maximum absolute atomic E-state index is 8.97. The predicted octanol–water partition coefficient (Wildman–Crippen LogP) is 3.03. The van der Waals surface area contributed by atoms with Gasteiger partial charge >= 0.3 is 0 Å². The smallest absolute Gasteiger partial charge is 0.0645 e. The summed E-state index contributed by atoms with van der Waals surface area (Å²) in [4.78, 5) is 0. The zero-order chi connectivity index (χ0) is 29.5. The zero-order valence-corrected chi connectivity index (χ0v) is 23.2. The highest BCUT2D eigenvalue weighted by Crippen LogP contribution is 2.31. The van der Waals surface area contributed by atoms with Crippen LogP contribution in [0, 0.1) is 91.7 Å². The molecular formula is C28H40N6O6. The van der Waals surface area contributed by atoms with Gasteiger partial charge in [-0.3, -0.25) is 0 Å². The van der Waals surface area contributed by atoms with E-state index in [0.29, 0.717) is 0 Å². The Hall–Kier alpha value is -3.30. The van der Waals surface area contributed by atoms with Crippen LogP contribution in [0.4, 0.5) is 0 Å². The second-order valence-corrected chi connectivity index (χ2v) is 8.75. The van der Waals surface area contributed by atoms with Gasteiger partial charge in [-0.15, -0.1) is 0 Å². The van der Waals surface area contributed by atoms with E-state index in [1.807, 2.05) is 0 Å². The van der Waals surface area contributed by atoms with E-state index < -0.39 is 0 Å². The van der Waals surface area contributed by atoms with Crippen molar-refractivity contribution in [3.8, 4) is 36.4 Å². The fraction of sp³-hybridized carbons (Fsp3) is 0.786. The maximum Gasteiger partial charge on any atom is 0.0645 e. The highest BCUT2D eigenvalue weighted by atomic mass is 16.5. The minimum atomic E-state index is -0.242. The Morgan fingerprint density at radius 2 is 0.525 bits per heavy atom. The molecule has 2 unspecified atom stereocenters. The van der Waals surface area contributed by atoms with Crippen molar-refractivity contribution in [1.82, 2.24) is 0 Å². The van der Waals surface area contributed by atoms with Crippen molar-refractivity contribution in [3.05, 3.63) is 0 Å². The number of rotatable bonds is 27. The van der Waals surface area contributed by atoms with Crippen LogP contribution < -0.4 is 0 Å². The summed E-state index contributed by atoms with van der Waals surface area (Å²) in [6.45, 7) is 2.95. The van der Waals surface area contributed by atoms with Crippen LogP contribution in [0.3, 0.4) is 0 Å². The van der Waals surface area contributed by atoms with E-state index in [0.717, 1.165) is 0 Å². The normalized spacial score (nSPS) is 12.0. The van der Waals surface area contributed by atoms with Crippen LogP contribution >= 0.6 is 0 Å². The Morgan fingerprint density at radius 3 is 0.725 bits per heavy atom. The summed E-state index contributed by atoms with van der Waals surface area (Å²) in [5.74, 6) is -0.947. The lowest BCUT2D eigenvalue weighted by molar-refractivity contribution is -0.0798. The molecule has 0 bridgehead atoms. The van der Waals surface area contributed by atoms with Crippen LogP contribution in [0.5, 0.6) is 0 Å². The molecule has 40 heavy (non-hydrogen) atoms. The van der Waals surface area contributed by atoms with Crippen LogP contribution in [0.15, 0.2) is 0 Å². The molecule has 0 fully saturated rings. The largest absolute Gasteiger partial charge is 0.380 e. The second kappa shape index (κ2) is 28.7. The van der Waals surface area contributed by atoms with E-state index in [-0.39, 0.29) is 141 Å². The third-order valence-corrected chi connectivity index (χ3v) is 5.86. The van der Waals surface area contributed by atoms with E-state index in [9.17, 15) is 0 Å². The summed E-state index contributed by atoms with van der Waals surface area (Å²) in [6.07, 6.45) is 1.36. The zero-order valence-electron chi connectivity index (χ0n) is 23.2. The molecule has 0 aromatic rings. The van der Waals surface area contributed by atoms with Gasteiger partial charge in [0.25, 0.3) is 0 Å². The molecule has 0 aromatic carbocycles. The molecule has 0 N–H and O–H groups in total. The topological polar surface area (TPSA) is 198 Å². The first-order valence-corrected chi connectivity index (χ1v) is 13.4. The summed E-state index contributed by atoms with van der Waals surface area (Å²) in [5, 5.41) is 53.6. The van der Waals surface area contributed by atoms with Gasteiger partial charge in [0, 0.05) is 11.8 Å². The maximum atomic E-state index is 8.97. The standard InChI is InChI=1S/C28H40N6O6/c29-7-1-13-35-19-25(20-36-14-2-8-30)27(23-39-17-5-11-33)28(24-40-18-6-12-34)26(21-37-15-3-9-31)22-38-16-4-10-32/h25-28H,1-6,13-24H2. The minimum absolute atomic E-state index is 0.218. The van der Waals surface area contributed by atoms with Crippen molar-refractivity contribution in [1.29, 1.82) is 31.6 Å². The highest BCUT2D eigenvalue weighted by Gasteiger charge is 2.36. The molecule has 2 atom stereocenters. The molecule has 0 amide bonds. The summed E-state index contributed by atoms with van der Waals surface area (Å²) in [5.41, 5.74) is 0. The molecule has 12 nitrogen and oxygen atoms in total. The molecule has 0 aliphatic carbocycles. The highest BCUT2D eigenvalue weighted by molar-refractivity contribution is 4.84. The summed E-state index contributed by atoms with van der Waals surface area (Å²) in [7, 11) is 0. The lowest BCUT2D eigenvalue weighted by Gasteiger charge is -2.38. The van der Waals surface area contributed by atoms with Crippen LogP contribution in [0.1, 0.15) is 38.5 Å². The quantitative estimate of drug-likeness (QED) is 0.134. The Labute approximate surface area is 238 Å². The molecule has 0 heterocycles. The van der Waals surface area contributed by atoms with Gasteiger partial charge in [-0.2, -0.15) is 31.6 Å². The predicted molar refractivity (Wildman–Crippen MR) is 140 cm³/mol. The first kappa shape index (κ1) is 36.7. The third-order valence-electron chi connectivity index (χ3n) is 5.86. The second-order valence-electron chi connectivity index (χ2n) is 8.75. The van der Waals surface area contributed by atoms with Crippen LogP contribution in [0.25, 0.3) is 0 Å². The van der Waals surface area contributed by atoms with E-state index in [1.54, 1.807) is 0 Å². The van der Waals surface area contributed by atoms with Crippen molar-refractivity contribution in [2.75, 3.05) is 79.3 Å². The number of ether oxygens (including phenoxy) is 6. The average molecular weight is 557 g/mol. The molecule has 218 valence electrons. The first-order valence-electron chi connectivity index (χ1n) is 13.4. The van der Waals surface area contributed by atoms with E-state index in [1.165, 1.54) is 0 Å². The van der Waals surface area contributed by atoms with Gasteiger partial charge in [0.2, 0.25) is 0 Å². The molecule has 0 rings (SSSR count). The van der Waals surface area contributed by atoms with Gasteiger partial charge in [0.05, 0.1) is 154 Å². The number of nitriles is 6. The Balaban J connectivity index is 6.15. The van der Waals surface area contributed by atoms with Crippen LogP contribution in [0.2, 0.25) is 0 Å². The molecule has 0 saturated heterocycles. The van der Waals surface area contributed by atoms with Gasteiger partial charge in [-0.05, 0) is 11.8 Å². The Bertz CT molecular complexity index is 763. The van der Waals surface area contributed by atoms with Crippen molar-refractivity contribution >= 4 is 0 Å². The number of hydrogen-bond acceptors (Lipinski definition) is 12. The molecule has 0 aliphatic rings. The fourth-order valence-electron chi connectivity index (χ4n) is 3.89. The molecule has 0 spiro atoms. The van der Waals surface area contributed by atoms with Crippen molar-refractivity contribution in [2.24, 2.45) is 23.7 Å². The average Bonchev–Trinajstić information content (AvgIpc) is 2.97. The van der Waals surface area contributed by atoms with Crippen LogP contribution in [-0.2, 0) is 28.4 Å². The monoisotopic (exact) mass is 556 g/mol. The number of nitrogens with zero attached hydrogens (tertiary/aromatic N) is 6. The fourth-order valence-corrected chi connectivity index (χ4v) is 3.89. The summed E-state index contributed by atoms with van der Waals surface area (Å²) in [6, 6.07) is 12.3. The lowest BCUT2D eigenvalue weighted by atomic mass is 9.76. The molecule has 0 aromatic heterocycles. The lowest BCUT2D eigenvalue weighted by Crippen LogP contribution is -2.42. The van der Waals surface area contributed by atoms with E-state index >= 15 is 0 Å². The van der Waals surface area contributed by atoms with Crippen molar-refractivity contribution in [3.63, 3.8) is 0 Å². The molecule has 0 saturated carbocycles. The van der Waals surface area contributed by atoms with Gasteiger partial charge < -0.3 is 28.4 Å². The van der Waals surface area contributed by atoms with Crippen molar-refractivity contribution in [2.45, 2.75) is 38.5 Å².